The van der Waals surface area contributed by atoms with Crippen LogP contribution in [-0.4, -0.2) is 47.1 Å². The van der Waals surface area contributed by atoms with Crippen LogP contribution in [0.15, 0.2) is 18.3 Å². The SMILES string of the molecule is O=C(O)c1ccc(NCCCCN2CCCC2)nc1. The second-order valence-electron chi connectivity index (χ2n) is 4.92. The summed E-state index contributed by atoms with van der Waals surface area (Å²) in [6.07, 6.45) is 6.38. The lowest BCUT2D eigenvalue weighted by Crippen LogP contribution is -2.20. The van der Waals surface area contributed by atoms with Gasteiger partial charge in [-0.1, -0.05) is 0 Å². The van der Waals surface area contributed by atoms with Crippen LogP contribution in [0.25, 0.3) is 0 Å². The fourth-order valence-corrected chi connectivity index (χ4v) is 2.31. The van der Waals surface area contributed by atoms with E-state index >= 15 is 0 Å². The molecule has 1 aromatic heterocycles. The lowest BCUT2D eigenvalue weighted by atomic mass is 10.2. The van der Waals surface area contributed by atoms with E-state index in [0.29, 0.717) is 0 Å². The number of nitrogens with zero attached hydrogens (tertiary/aromatic N) is 2. The van der Waals surface area contributed by atoms with Crippen molar-refractivity contribution in [1.29, 1.82) is 0 Å². The Hall–Kier alpha value is -1.62. The summed E-state index contributed by atoms with van der Waals surface area (Å²) in [6, 6.07) is 3.28. The molecule has 0 unspecified atom stereocenters. The number of hydrogen-bond acceptors (Lipinski definition) is 4. The van der Waals surface area contributed by atoms with Crippen molar-refractivity contribution in [3.63, 3.8) is 0 Å². The van der Waals surface area contributed by atoms with Gasteiger partial charge in [-0.15, -0.1) is 0 Å². The molecule has 1 aliphatic rings. The van der Waals surface area contributed by atoms with Gasteiger partial charge in [0.1, 0.15) is 5.82 Å². The van der Waals surface area contributed by atoms with Crippen LogP contribution in [0.5, 0.6) is 0 Å². The van der Waals surface area contributed by atoms with Gasteiger partial charge in [0.2, 0.25) is 0 Å². The minimum Gasteiger partial charge on any atom is -0.478 e. The average Bonchev–Trinajstić information content (AvgIpc) is 2.92. The summed E-state index contributed by atoms with van der Waals surface area (Å²) in [5, 5.41) is 12.0. The molecule has 5 heteroatoms. The van der Waals surface area contributed by atoms with Crippen LogP contribution in [-0.2, 0) is 0 Å². The molecule has 0 aliphatic carbocycles. The van der Waals surface area contributed by atoms with E-state index in [-0.39, 0.29) is 5.56 Å². The maximum absolute atomic E-state index is 10.7. The van der Waals surface area contributed by atoms with Gasteiger partial charge in [-0.05, 0) is 57.5 Å². The Labute approximate surface area is 113 Å². The van der Waals surface area contributed by atoms with E-state index in [9.17, 15) is 4.79 Å². The smallest absolute Gasteiger partial charge is 0.337 e. The first kappa shape index (κ1) is 13.8. The fraction of sp³-hybridized carbons (Fsp3) is 0.571. The van der Waals surface area contributed by atoms with Gasteiger partial charge < -0.3 is 15.3 Å². The first-order valence-electron chi connectivity index (χ1n) is 6.91. The van der Waals surface area contributed by atoms with E-state index in [1.54, 1.807) is 12.1 Å². The van der Waals surface area contributed by atoms with Crippen LogP contribution >= 0.6 is 0 Å². The highest BCUT2D eigenvalue weighted by Crippen LogP contribution is 2.09. The highest BCUT2D eigenvalue weighted by Gasteiger charge is 2.09. The number of carbonyl (C=O) groups is 1. The highest BCUT2D eigenvalue weighted by molar-refractivity contribution is 5.87. The number of pyridine rings is 1. The Morgan fingerprint density at radius 2 is 2.11 bits per heavy atom. The predicted octanol–water partition coefficient (Wildman–Crippen LogP) is 2.07. The van der Waals surface area contributed by atoms with Crippen molar-refractivity contribution in [2.75, 3.05) is 31.5 Å². The predicted molar refractivity (Wildman–Crippen MR) is 74.6 cm³/mol. The van der Waals surface area contributed by atoms with Crippen molar-refractivity contribution < 1.29 is 9.90 Å². The van der Waals surface area contributed by atoms with Gasteiger partial charge in [-0.3, -0.25) is 0 Å². The summed E-state index contributed by atoms with van der Waals surface area (Å²) in [7, 11) is 0. The van der Waals surface area contributed by atoms with Crippen molar-refractivity contribution in [2.45, 2.75) is 25.7 Å². The molecule has 0 amide bonds. The van der Waals surface area contributed by atoms with Gasteiger partial charge in [0.15, 0.2) is 0 Å². The molecule has 0 bridgehead atoms. The van der Waals surface area contributed by atoms with E-state index in [4.69, 9.17) is 5.11 Å². The summed E-state index contributed by atoms with van der Waals surface area (Å²) < 4.78 is 0. The Kier molecular flexibility index (Phi) is 5.15. The third kappa shape index (κ3) is 4.52. The molecule has 0 atom stereocenters. The fourth-order valence-electron chi connectivity index (χ4n) is 2.31. The second kappa shape index (κ2) is 7.09. The van der Waals surface area contributed by atoms with Gasteiger partial charge in [0.05, 0.1) is 5.56 Å². The first-order chi connectivity index (χ1) is 9.25. The largest absolute Gasteiger partial charge is 0.478 e. The van der Waals surface area contributed by atoms with E-state index in [1.165, 1.54) is 45.1 Å². The third-order valence-electron chi connectivity index (χ3n) is 3.42. The number of rotatable bonds is 7. The number of unbranched alkanes of at least 4 members (excludes halogenated alkanes) is 1. The average molecular weight is 263 g/mol. The Morgan fingerprint density at radius 1 is 1.32 bits per heavy atom. The molecule has 1 saturated heterocycles. The maximum atomic E-state index is 10.7. The molecule has 2 heterocycles. The molecule has 1 aromatic rings. The van der Waals surface area contributed by atoms with Crippen molar-refractivity contribution in [1.82, 2.24) is 9.88 Å². The Morgan fingerprint density at radius 3 is 2.74 bits per heavy atom. The molecule has 0 aromatic carbocycles. The molecule has 0 radical (unpaired) electrons. The lowest BCUT2D eigenvalue weighted by Gasteiger charge is -2.14. The van der Waals surface area contributed by atoms with Gasteiger partial charge in [-0.25, -0.2) is 9.78 Å². The summed E-state index contributed by atoms with van der Waals surface area (Å²) >= 11 is 0. The maximum Gasteiger partial charge on any atom is 0.337 e. The van der Waals surface area contributed by atoms with Crippen molar-refractivity contribution >= 4 is 11.8 Å². The quantitative estimate of drug-likeness (QED) is 0.737. The molecule has 0 saturated carbocycles. The minimum atomic E-state index is -0.940. The van der Waals surface area contributed by atoms with Gasteiger partial charge in [0.25, 0.3) is 0 Å². The van der Waals surface area contributed by atoms with Gasteiger partial charge in [0, 0.05) is 12.7 Å². The summed E-state index contributed by atoms with van der Waals surface area (Å²) in [5.74, 6) is -0.198. The third-order valence-corrected chi connectivity index (χ3v) is 3.42. The zero-order valence-electron chi connectivity index (χ0n) is 11.1. The summed E-state index contributed by atoms with van der Waals surface area (Å²) in [4.78, 5) is 17.3. The second-order valence-corrected chi connectivity index (χ2v) is 4.92. The Balaban J connectivity index is 1.61. The number of carboxylic acid groups (broad SMARTS) is 1. The number of hydrogen-bond donors (Lipinski definition) is 2. The van der Waals surface area contributed by atoms with Crippen LogP contribution in [0.1, 0.15) is 36.0 Å². The number of aromatic nitrogens is 1. The number of carboxylic acids is 1. The summed E-state index contributed by atoms with van der Waals surface area (Å²) in [6.45, 7) is 4.58. The lowest BCUT2D eigenvalue weighted by molar-refractivity contribution is 0.0696. The van der Waals surface area contributed by atoms with Crippen LogP contribution in [0, 0.1) is 0 Å². The van der Waals surface area contributed by atoms with Gasteiger partial charge >= 0.3 is 5.97 Å². The highest BCUT2D eigenvalue weighted by atomic mass is 16.4. The van der Waals surface area contributed by atoms with E-state index in [1.807, 2.05) is 0 Å². The molecule has 0 spiro atoms. The number of anilines is 1. The normalized spacial score (nSPS) is 15.6. The Bertz CT molecular complexity index is 400. The van der Waals surface area contributed by atoms with Crippen LogP contribution in [0.4, 0.5) is 5.82 Å². The molecule has 1 aliphatic heterocycles. The molecule has 2 N–H and O–H groups in total. The molecule has 5 nitrogen and oxygen atoms in total. The molecule has 2 rings (SSSR count). The minimum absolute atomic E-state index is 0.222. The van der Waals surface area contributed by atoms with Crippen LogP contribution in [0.3, 0.4) is 0 Å². The zero-order chi connectivity index (χ0) is 13.5. The number of aromatic carboxylic acids is 1. The van der Waals surface area contributed by atoms with E-state index < -0.39 is 5.97 Å². The molecular weight excluding hydrogens is 242 g/mol. The van der Waals surface area contributed by atoms with E-state index in [2.05, 4.69) is 15.2 Å². The van der Waals surface area contributed by atoms with Crippen molar-refractivity contribution in [2.24, 2.45) is 0 Å². The monoisotopic (exact) mass is 263 g/mol. The van der Waals surface area contributed by atoms with E-state index in [0.717, 1.165) is 18.8 Å². The summed E-state index contributed by atoms with van der Waals surface area (Å²) in [5.41, 5.74) is 0.222. The standard InChI is InChI=1S/C14H21N3O2/c18-14(19)12-5-6-13(16-11-12)15-7-1-2-8-17-9-3-4-10-17/h5-6,11H,1-4,7-10H2,(H,15,16)(H,18,19). The topological polar surface area (TPSA) is 65.5 Å². The van der Waals surface area contributed by atoms with Gasteiger partial charge in [-0.2, -0.15) is 0 Å². The molecule has 19 heavy (non-hydrogen) atoms. The number of likely N-dealkylation sites (tertiary alicyclic amines) is 1. The molecular formula is C14H21N3O2. The first-order valence-corrected chi connectivity index (χ1v) is 6.91. The van der Waals surface area contributed by atoms with Crippen LogP contribution in [0.2, 0.25) is 0 Å². The zero-order valence-corrected chi connectivity index (χ0v) is 11.1. The number of nitrogens with one attached hydrogen (secondary N) is 1. The van der Waals surface area contributed by atoms with Crippen LogP contribution < -0.4 is 5.32 Å². The molecule has 1 fully saturated rings. The van der Waals surface area contributed by atoms with Crippen molar-refractivity contribution in [3.8, 4) is 0 Å². The van der Waals surface area contributed by atoms with Crippen molar-refractivity contribution in [3.05, 3.63) is 23.9 Å². The molecule has 104 valence electrons.